The van der Waals surface area contributed by atoms with Crippen molar-refractivity contribution in [1.29, 1.82) is 0 Å². The van der Waals surface area contributed by atoms with Crippen LogP contribution >= 0.6 is 0 Å². The molecule has 0 spiro atoms. The number of sulfone groups is 1. The molecule has 158 valence electrons. The number of nitrogens with one attached hydrogen (secondary N) is 1. The number of benzene rings is 2. The Balaban J connectivity index is 2.03. The maximum atomic E-state index is 12.7. The van der Waals surface area contributed by atoms with Crippen LogP contribution in [0.15, 0.2) is 53.4 Å². The molecule has 5 nitrogen and oxygen atoms in total. The Morgan fingerprint density at radius 2 is 1.59 bits per heavy atom. The molecule has 0 heterocycles. The van der Waals surface area contributed by atoms with Crippen molar-refractivity contribution >= 4 is 15.7 Å². The van der Waals surface area contributed by atoms with Gasteiger partial charge in [0.05, 0.1) is 10.9 Å². The van der Waals surface area contributed by atoms with Crippen LogP contribution in [-0.4, -0.2) is 26.7 Å². The molecule has 2 atom stereocenters. The van der Waals surface area contributed by atoms with Gasteiger partial charge >= 0.3 is 0 Å². The van der Waals surface area contributed by atoms with Gasteiger partial charge in [-0.25, -0.2) is 8.42 Å². The van der Waals surface area contributed by atoms with Gasteiger partial charge < -0.3 is 10.1 Å². The van der Waals surface area contributed by atoms with Crippen molar-refractivity contribution in [3.8, 4) is 5.75 Å². The lowest BCUT2D eigenvalue weighted by Crippen LogP contribution is -2.39. The van der Waals surface area contributed by atoms with E-state index in [0.29, 0.717) is 12.2 Å². The van der Waals surface area contributed by atoms with E-state index >= 15 is 0 Å². The van der Waals surface area contributed by atoms with Crippen LogP contribution in [0.5, 0.6) is 5.75 Å². The molecule has 2 rings (SSSR count). The van der Waals surface area contributed by atoms with Crippen LogP contribution in [0.3, 0.4) is 0 Å². The van der Waals surface area contributed by atoms with Gasteiger partial charge in [-0.05, 0) is 54.2 Å². The molecule has 0 aromatic heterocycles. The third kappa shape index (κ3) is 6.32. The zero-order valence-electron chi connectivity index (χ0n) is 18.0. The fourth-order valence-corrected chi connectivity index (χ4v) is 3.54. The lowest BCUT2D eigenvalue weighted by Gasteiger charge is -2.22. The van der Waals surface area contributed by atoms with Gasteiger partial charge in [-0.15, -0.1) is 0 Å². The summed E-state index contributed by atoms with van der Waals surface area (Å²) < 4.78 is 29.1. The first kappa shape index (κ1) is 22.9. The molecule has 1 amide bonds. The normalized spacial score (nSPS) is 14.1. The quantitative estimate of drug-likeness (QED) is 0.724. The van der Waals surface area contributed by atoms with Crippen molar-refractivity contribution in [3.05, 3.63) is 59.7 Å². The summed E-state index contributed by atoms with van der Waals surface area (Å²) in [4.78, 5) is 12.9. The molecule has 6 heteroatoms. The van der Waals surface area contributed by atoms with Crippen LogP contribution in [0, 0.1) is 0 Å². The molecule has 1 N–H and O–H groups in total. The van der Waals surface area contributed by atoms with Crippen molar-refractivity contribution in [2.75, 3.05) is 6.26 Å². The lowest BCUT2D eigenvalue weighted by molar-refractivity contribution is -0.128. The fourth-order valence-electron chi connectivity index (χ4n) is 2.91. The number of rotatable bonds is 7. The zero-order valence-corrected chi connectivity index (χ0v) is 18.8. The van der Waals surface area contributed by atoms with E-state index in [9.17, 15) is 13.2 Å². The summed E-state index contributed by atoms with van der Waals surface area (Å²) in [6.07, 6.45) is 1.10. The molecule has 0 fully saturated rings. The predicted molar refractivity (Wildman–Crippen MR) is 116 cm³/mol. The predicted octanol–water partition coefficient (Wildman–Crippen LogP) is 4.42. The van der Waals surface area contributed by atoms with Crippen molar-refractivity contribution in [2.24, 2.45) is 0 Å². The molecule has 0 saturated heterocycles. The molecule has 0 aliphatic rings. The Hall–Kier alpha value is -2.34. The molecule has 0 bridgehead atoms. The molecule has 0 unspecified atom stereocenters. The first-order valence-electron chi connectivity index (χ1n) is 9.79. The molecule has 0 saturated carbocycles. The Bertz CT molecular complexity index is 926. The van der Waals surface area contributed by atoms with E-state index in [0.717, 1.165) is 5.56 Å². The molecular weight excluding hydrogens is 386 g/mol. The second-order valence-corrected chi connectivity index (χ2v) is 10.4. The Morgan fingerprint density at radius 1 is 1.03 bits per heavy atom. The molecular formula is C23H31NO4S. The Labute approximate surface area is 174 Å². The van der Waals surface area contributed by atoms with Crippen LogP contribution in [0.25, 0.3) is 0 Å². The van der Waals surface area contributed by atoms with E-state index < -0.39 is 15.9 Å². The lowest BCUT2D eigenvalue weighted by atomic mass is 9.87. The second kappa shape index (κ2) is 8.99. The molecule has 2 aromatic carbocycles. The average molecular weight is 418 g/mol. The summed E-state index contributed by atoms with van der Waals surface area (Å²) in [5, 5.41) is 2.95. The smallest absolute Gasteiger partial charge is 0.261 e. The molecule has 0 aliphatic heterocycles. The van der Waals surface area contributed by atoms with Gasteiger partial charge in [0.15, 0.2) is 15.9 Å². The van der Waals surface area contributed by atoms with E-state index in [2.05, 4.69) is 26.1 Å². The maximum absolute atomic E-state index is 12.7. The summed E-state index contributed by atoms with van der Waals surface area (Å²) in [6, 6.07) is 14.1. The summed E-state index contributed by atoms with van der Waals surface area (Å²) in [5.41, 5.74) is 2.09. The van der Waals surface area contributed by atoms with E-state index in [1.165, 1.54) is 11.8 Å². The fraction of sp³-hybridized carbons (Fsp3) is 0.435. The molecule has 2 aromatic rings. The molecule has 0 aliphatic carbocycles. The third-order valence-electron chi connectivity index (χ3n) is 4.83. The highest BCUT2D eigenvalue weighted by Crippen LogP contribution is 2.25. The topological polar surface area (TPSA) is 72.5 Å². The van der Waals surface area contributed by atoms with Gasteiger partial charge in [0.2, 0.25) is 0 Å². The van der Waals surface area contributed by atoms with Gasteiger partial charge in [-0.2, -0.15) is 0 Å². The van der Waals surface area contributed by atoms with Crippen molar-refractivity contribution in [3.63, 3.8) is 0 Å². The maximum Gasteiger partial charge on any atom is 0.261 e. The van der Waals surface area contributed by atoms with Gasteiger partial charge in [-0.3, -0.25) is 4.79 Å². The van der Waals surface area contributed by atoms with Crippen LogP contribution in [-0.2, 0) is 20.0 Å². The van der Waals surface area contributed by atoms with E-state index in [1.54, 1.807) is 24.3 Å². The van der Waals surface area contributed by atoms with Crippen molar-refractivity contribution in [1.82, 2.24) is 5.32 Å². The number of hydrogen-bond donors (Lipinski definition) is 1. The highest BCUT2D eigenvalue weighted by molar-refractivity contribution is 7.90. The number of ether oxygens (including phenoxy) is 1. The van der Waals surface area contributed by atoms with Gasteiger partial charge in [0.25, 0.3) is 5.91 Å². The molecule has 29 heavy (non-hydrogen) atoms. The minimum absolute atomic E-state index is 0.0577. The summed E-state index contributed by atoms with van der Waals surface area (Å²) >= 11 is 0. The monoisotopic (exact) mass is 417 g/mol. The first-order chi connectivity index (χ1) is 13.4. The highest BCUT2D eigenvalue weighted by Gasteiger charge is 2.21. The average Bonchev–Trinajstić information content (AvgIpc) is 2.65. The van der Waals surface area contributed by atoms with Crippen LogP contribution in [0.4, 0.5) is 0 Å². The number of carbonyl (C=O) groups is 1. The second-order valence-electron chi connectivity index (χ2n) is 8.36. The standard InChI is InChI=1S/C23H31NO4S/c1-7-21(28-19-12-10-18(11-13-19)23(3,4)5)22(25)24-16(2)17-8-14-20(15-9-17)29(6,26)27/h8-16,21H,7H2,1-6H3,(H,24,25)/t16-,21+/m1/s1. The summed E-state index contributed by atoms with van der Waals surface area (Å²) in [7, 11) is -3.24. The third-order valence-corrected chi connectivity index (χ3v) is 5.96. The van der Waals surface area contributed by atoms with Crippen LogP contribution < -0.4 is 10.1 Å². The minimum Gasteiger partial charge on any atom is -0.481 e. The summed E-state index contributed by atoms with van der Waals surface area (Å²) in [5.74, 6) is 0.456. The minimum atomic E-state index is -3.24. The number of hydrogen-bond acceptors (Lipinski definition) is 4. The van der Waals surface area contributed by atoms with E-state index in [1.807, 2.05) is 38.1 Å². The van der Waals surface area contributed by atoms with Gasteiger partial charge in [0.1, 0.15) is 5.75 Å². The van der Waals surface area contributed by atoms with Crippen LogP contribution in [0.2, 0.25) is 0 Å². The number of carbonyl (C=O) groups excluding carboxylic acids is 1. The number of amides is 1. The van der Waals surface area contributed by atoms with E-state index in [-0.39, 0.29) is 22.3 Å². The van der Waals surface area contributed by atoms with Crippen LogP contribution in [0.1, 0.15) is 58.2 Å². The van der Waals surface area contributed by atoms with Gasteiger partial charge in [0, 0.05) is 6.26 Å². The largest absolute Gasteiger partial charge is 0.481 e. The van der Waals surface area contributed by atoms with Crippen molar-refractivity contribution in [2.45, 2.75) is 63.5 Å². The first-order valence-corrected chi connectivity index (χ1v) is 11.7. The Kier molecular flexibility index (Phi) is 7.11. The SMILES string of the molecule is CC[C@H](Oc1ccc(C(C)(C)C)cc1)C(=O)N[C@H](C)c1ccc(S(C)(=O)=O)cc1. The Morgan fingerprint density at radius 3 is 2.03 bits per heavy atom. The zero-order chi connectivity index (χ0) is 21.8. The van der Waals surface area contributed by atoms with Gasteiger partial charge in [-0.1, -0.05) is 52.0 Å². The van der Waals surface area contributed by atoms with Crippen molar-refractivity contribution < 1.29 is 17.9 Å². The highest BCUT2D eigenvalue weighted by atomic mass is 32.2. The summed E-state index contributed by atoms with van der Waals surface area (Å²) in [6.45, 7) is 10.2. The molecule has 0 radical (unpaired) electrons. The van der Waals surface area contributed by atoms with E-state index in [4.69, 9.17) is 4.74 Å².